The van der Waals surface area contributed by atoms with Gasteiger partial charge in [0.25, 0.3) is 0 Å². The van der Waals surface area contributed by atoms with Gasteiger partial charge in [0.15, 0.2) is 0 Å². The number of benzene rings is 2. The Morgan fingerprint density at radius 2 is 1.75 bits per heavy atom. The van der Waals surface area contributed by atoms with Crippen molar-refractivity contribution < 1.29 is 13.5 Å². The first-order valence-corrected chi connectivity index (χ1v) is 6.44. The number of nitrogens with one attached hydrogen (secondary N) is 1. The standard InChI is InChI=1S/C15H14ClF2NO/c1-9(12-5-3-10(17)7-13(12)16)19-14-6-4-11(18)8-15(14)20-2/h3-9,19H,1-2H3. The molecule has 5 heteroatoms. The van der Waals surface area contributed by atoms with Gasteiger partial charge in [-0.1, -0.05) is 17.7 Å². The summed E-state index contributed by atoms with van der Waals surface area (Å²) in [5.41, 5.74) is 1.39. The molecule has 0 fully saturated rings. The molecule has 0 heterocycles. The second kappa shape index (κ2) is 6.09. The number of hydrogen-bond acceptors (Lipinski definition) is 2. The molecule has 2 nitrogen and oxygen atoms in total. The molecule has 0 aliphatic rings. The molecule has 1 N–H and O–H groups in total. The molecule has 2 aromatic carbocycles. The molecule has 0 saturated carbocycles. The normalized spacial score (nSPS) is 12.1. The number of hydrogen-bond donors (Lipinski definition) is 1. The zero-order valence-electron chi connectivity index (χ0n) is 11.1. The van der Waals surface area contributed by atoms with Crippen LogP contribution in [0, 0.1) is 11.6 Å². The van der Waals surface area contributed by atoms with Crippen molar-refractivity contribution in [3.8, 4) is 5.75 Å². The highest BCUT2D eigenvalue weighted by atomic mass is 35.5. The van der Waals surface area contributed by atoms with Gasteiger partial charge in [0.2, 0.25) is 0 Å². The van der Waals surface area contributed by atoms with E-state index in [0.29, 0.717) is 16.5 Å². The number of anilines is 1. The van der Waals surface area contributed by atoms with Gasteiger partial charge in [0, 0.05) is 11.1 Å². The fraction of sp³-hybridized carbons (Fsp3) is 0.200. The van der Waals surface area contributed by atoms with Crippen LogP contribution in [0.3, 0.4) is 0 Å². The smallest absolute Gasteiger partial charge is 0.144 e. The van der Waals surface area contributed by atoms with Crippen LogP contribution in [0.4, 0.5) is 14.5 Å². The van der Waals surface area contributed by atoms with Crippen molar-refractivity contribution in [1.29, 1.82) is 0 Å². The Balaban J connectivity index is 2.25. The molecule has 20 heavy (non-hydrogen) atoms. The number of methoxy groups -OCH3 is 1. The van der Waals surface area contributed by atoms with Crippen LogP contribution >= 0.6 is 11.6 Å². The second-order valence-corrected chi connectivity index (χ2v) is 4.78. The van der Waals surface area contributed by atoms with Crippen molar-refractivity contribution >= 4 is 17.3 Å². The van der Waals surface area contributed by atoms with Crippen LogP contribution in [0.5, 0.6) is 5.75 Å². The molecule has 0 radical (unpaired) electrons. The number of ether oxygens (including phenoxy) is 1. The van der Waals surface area contributed by atoms with Crippen molar-refractivity contribution in [1.82, 2.24) is 0 Å². The molecule has 1 atom stereocenters. The summed E-state index contributed by atoms with van der Waals surface area (Å²) in [6.45, 7) is 1.88. The topological polar surface area (TPSA) is 21.3 Å². The predicted molar refractivity (Wildman–Crippen MR) is 76.4 cm³/mol. The highest BCUT2D eigenvalue weighted by molar-refractivity contribution is 6.31. The number of halogens is 3. The lowest BCUT2D eigenvalue weighted by Gasteiger charge is -2.19. The maximum atomic E-state index is 13.1. The molecule has 0 bridgehead atoms. The monoisotopic (exact) mass is 297 g/mol. The number of rotatable bonds is 4. The molecule has 2 rings (SSSR count). The predicted octanol–water partition coefficient (Wildman–Crippen LogP) is 4.80. The van der Waals surface area contributed by atoms with Gasteiger partial charge in [-0.2, -0.15) is 0 Å². The quantitative estimate of drug-likeness (QED) is 0.875. The molecule has 0 aromatic heterocycles. The van der Waals surface area contributed by atoms with Gasteiger partial charge in [-0.15, -0.1) is 0 Å². The summed E-state index contributed by atoms with van der Waals surface area (Å²) in [5.74, 6) is -0.361. The Kier molecular flexibility index (Phi) is 4.45. The van der Waals surface area contributed by atoms with Crippen LogP contribution in [0.15, 0.2) is 36.4 Å². The van der Waals surface area contributed by atoms with E-state index in [9.17, 15) is 8.78 Å². The van der Waals surface area contributed by atoms with E-state index in [4.69, 9.17) is 16.3 Å². The van der Waals surface area contributed by atoms with Crippen LogP contribution in [-0.4, -0.2) is 7.11 Å². The molecule has 0 aliphatic heterocycles. The van der Waals surface area contributed by atoms with Crippen molar-refractivity contribution in [2.45, 2.75) is 13.0 Å². The van der Waals surface area contributed by atoms with Crippen LogP contribution in [0.2, 0.25) is 5.02 Å². The van der Waals surface area contributed by atoms with Crippen molar-refractivity contribution in [3.05, 3.63) is 58.6 Å². The second-order valence-electron chi connectivity index (χ2n) is 4.38. The average molecular weight is 298 g/mol. The average Bonchev–Trinajstić information content (AvgIpc) is 2.40. The summed E-state index contributed by atoms with van der Waals surface area (Å²) in [5, 5.41) is 3.51. The molecule has 0 aliphatic carbocycles. The van der Waals surface area contributed by atoms with E-state index in [1.165, 1.54) is 31.4 Å². The Bertz CT molecular complexity index is 619. The Hall–Kier alpha value is -1.81. The third kappa shape index (κ3) is 3.20. The van der Waals surface area contributed by atoms with E-state index < -0.39 is 0 Å². The van der Waals surface area contributed by atoms with Crippen molar-refractivity contribution in [2.24, 2.45) is 0 Å². The third-order valence-corrected chi connectivity index (χ3v) is 3.29. The lowest BCUT2D eigenvalue weighted by atomic mass is 10.1. The highest BCUT2D eigenvalue weighted by Crippen LogP contribution is 2.31. The summed E-state index contributed by atoms with van der Waals surface area (Å²) in [4.78, 5) is 0. The van der Waals surface area contributed by atoms with Crippen LogP contribution < -0.4 is 10.1 Å². The zero-order chi connectivity index (χ0) is 14.7. The molecule has 1 unspecified atom stereocenters. The largest absolute Gasteiger partial charge is 0.494 e. The van der Waals surface area contributed by atoms with Crippen LogP contribution in [-0.2, 0) is 0 Å². The lowest BCUT2D eigenvalue weighted by Crippen LogP contribution is -2.08. The van der Waals surface area contributed by atoms with Gasteiger partial charge in [0.1, 0.15) is 17.4 Å². The Labute approximate surface area is 121 Å². The molecule has 2 aromatic rings. The van der Waals surface area contributed by atoms with E-state index in [1.807, 2.05) is 6.92 Å². The maximum Gasteiger partial charge on any atom is 0.144 e. The van der Waals surface area contributed by atoms with Crippen LogP contribution in [0.25, 0.3) is 0 Å². The van der Waals surface area contributed by atoms with E-state index in [-0.39, 0.29) is 17.7 Å². The molecule has 106 valence electrons. The Morgan fingerprint density at radius 3 is 2.40 bits per heavy atom. The minimum absolute atomic E-state index is 0.178. The maximum absolute atomic E-state index is 13.1. The minimum atomic E-state index is -0.384. The van der Waals surface area contributed by atoms with Gasteiger partial charge in [-0.05, 0) is 36.8 Å². The Morgan fingerprint density at radius 1 is 1.10 bits per heavy atom. The van der Waals surface area contributed by atoms with E-state index >= 15 is 0 Å². The fourth-order valence-corrected chi connectivity index (χ4v) is 2.28. The first kappa shape index (κ1) is 14.6. The summed E-state index contributed by atoms with van der Waals surface area (Å²) in [6, 6.07) is 8.26. The van der Waals surface area contributed by atoms with Crippen molar-refractivity contribution in [3.63, 3.8) is 0 Å². The highest BCUT2D eigenvalue weighted by Gasteiger charge is 2.13. The van der Waals surface area contributed by atoms with E-state index in [0.717, 1.165) is 5.56 Å². The SMILES string of the molecule is COc1cc(F)ccc1NC(C)c1ccc(F)cc1Cl. The fourth-order valence-electron chi connectivity index (χ4n) is 1.95. The van der Waals surface area contributed by atoms with Gasteiger partial charge in [-0.3, -0.25) is 0 Å². The summed E-state index contributed by atoms with van der Waals surface area (Å²) >= 11 is 6.02. The molecule has 0 spiro atoms. The third-order valence-electron chi connectivity index (χ3n) is 2.96. The summed E-state index contributed by atoms with van der Waals surface area (Å²) < 4.78 is 31.3. The molecule has 0 saturated heterocycles. The van der Waals surface area contributed by atoms with E-state index in [1.54, 1.807) is 12.1 Å². The van der Waals surface area contributed by atoms with Gasteiger partial charge < -0.3 is 10.1 Å². The molecule has 0 amide bonds. The first-order chi connectivity index (χ1) is 9.51. The lowest BCUT2D eigenvalue weighted by molar-refractivity contribution is 0.412. The molecular formula is C15H14ClF2NO. The summed E-state index contributed by atoms with van der Waals surface area (Å²) in [6.07, 6.45) is 0. The molecular weight excluding hydrogens is 284 g/mol. The zero-order valence-corrected chi connectivity index (χ0v) is 11.8. The van der Waals surface area contributed by atoms with Gasteiger partial charge >= 0.3 is 0 Å². The van der Waals surface area contributed by atoms with Gasteiger partial charge in [-0.25, -0.2) is 8.78 Å². The van der Waals surface area contributed by atoms with E-state index in [2.05, 4.69) is 5.32 Å². The minimum Gasteiger partial charge on any atom is -0.494 e. The summed E-state index contributed by atoms with van der Waals surface area (Å²) in [7, 11) is 1.47. The first-order valence-electron chi connectivity index (χ1n) is 6.06. The van der Waals surface area contributed by atoms with Crippen molar-refractivity contribution in [2.75, 3.05) is 12.4 Å². The van der Waals surface area contributed by atoms with Crippen LogP contribution in [0.1, 0.15) is 18.5 Å². The van der Waals surface area contributed by atoms with Gasteiger partial charge in [0.05, 0.1) is 18.8 Å².